The second kappa shape index (κ2) is 9.28. The average Bonchev–Trinajstić information content (AvgIpc) is 2.49. The highest BCUT2D eigenvalue weighted by molar-refractivity contribution is 5.95. The van der Waals surface area contributed by atoms with E-state index in [1.807, 2.05) is 13.8 Å². The van der Waals surface area contributed by atoms with E-state index in [4.69, 9.17) is 15.3 Å². The second-order valence-corrected chi connectivity index (χ2v) is 4.83. The molecule has 1 aromatic rings. The summed E-state index contributed by atoms with van der Waals surface area (Å²) in [5.41, 5.74) is 3.82. The molecular weight excluding hydrogens is 272 g/mol. The van der Waals surface area contributed by atoms with Crippen LogP contribution in [0.2, 0.25) is 0 Å². The molecule has 0 radical (unpaired) electrons. The average molecular weight is 296 g/mol. The number of hydrogen-bond acceptors (Lipinski definition) is 6. The maximum atomic E-state index is 12.1. The van der Waals surface area contributed by atoms with Gasteiger partial charge in [0.25, 0.3) is 5.91 Å². The number of carbonyl (C=O) groups is 1. The van der Waals surface area contributed by atoms with Gasteiger partial charge < -0.3 is 20.2 Å². The number of pyridine rings is 1. The Hall–Kier alpha value is -1.70. The molecule has 1 amide bonds. The third kappa shape index (κ3) is 6.07. The molecule has 0 saturated carbocycles. The van der Waals surface area contributed by atoms with Crippen LogP contribution in [-0.2, 0) is 9.47 Å². The Morgan fingerprint density at radius 2 is 2.10 bits per heavy atom. The molecule has 0 aliphatic carbocycles. The van der Waals surface area contributed by atoms with Crippen LogP contribution >= 0.6 is 0 Å². The zero-order valence-electron chi connectivity index (χ0n) is 12.8. The molecule has 0 spiro atoms. The smallest absolute Gasteiger partial charge is 0.251 e. The number of carbonyl (C=O) groups excluding carboxylic acids is 1. The molecule has 118 valence electrons. The monoisotopic (exact) mass is 296 g/mol. The minimum atomic E-state index is -0.175. The van der Waals surface area contributed by atoms with Crippen LogP contribution in [0.25, 0.3) is 0 Å². The molecule has 0 bridgehead atoms. The number of hydrogen-bond donors (Lipinski definition) is 3. The lowest BCUT2D eigenvalue weighted by molar-refractivity contribution is 0.0692. The lowest BCUT2D eigenvalue weighted by atomic mass is 10.1. The van der Waals surface area contributed by atoms with Crippen molar-refractivity contribution in [2.45, 2.75) is 19.8 Å². The number of nitrogens with two attached hydrogens (primary N) is 1. The molecule has 1 heterocycles. The van der Waals surface area contributed by atoms with Crippen molar-refractivity contribution in [3.63, 3.8) is 0 Å². The number of hydrazine groups is 1. The molecule has 0 aliphatic heterocycles. The van der Waals surface area contributed by atoms with Crippen LogP contribution in [-0.4, -0.2) is 44.4 Å². The van der Waals surface area contributed by atoms with Crippen molar-refractivity contribution in [2.75, 3.05) is 38.9 Å². The van der Waals surface area contributed by atoms with Crippen molar-refractivity contribution in [1.29, 1.82) is 0 Å². The SMILES string of the molecule is COCCOCCNC(=O)c1cc(NN)nc(C(C)C)c1. The van der Waals surface area contributed by atoms with Gasteiger partial charge in [-0.05, 0) is 18.1 Å². The number of nitrogens with zero attached hydrogens (tertiary/aromatic N) is 1. The Bertz CT molecular complexity index is 452. The van der Waals surface area contributed by atoms with Crippen LogP contribution < -0.4 is 16.6 Å². The Morgan fingerprint density at radius 1 is 1.33 bits per heavy atom. The van der Waals surface area contributed by atoms with Crippen molar-refractivity contribution in [1.82, 2.24) is 10.3 Å². The fraction of sp³-hybridized carbons (Fsp3) is 0.571. The number of rotatable bonds is 9. The van der Waals surface area contributed by atoms with E-state index >= 15 is 0 Å². The zero-order chi connectivity index (χ0) is 15.7. The standard InChI is InChI=1S/C14H24N4O3/c1-10(2)12-8-11(9-13(17-12)18-15)14(19)16-4-5-21-7-6-20-3/h8-10H,4-7,15H2,1-3H3,(H,16,19)(H,17,18). The van der Waals surface area contributed by atoms with E-state index in [0.29, 0.717) is 37.7 Å². The predicted molar refractivity (Wildman–Crippen MR) is 81.2 cm³/mol. The highest BCUT2D eigenvalue weighted by Gasteiger charge is 2.11. The number of methoxy groups -OCH3 is 1. The summed E-state index contributed by atoms with van der Waals surface area (Å²) < 4.78 is 10.1. The van der Waals surface area contributed by atoms with Crippen LogP contribution in [0.3, 0.4) is 0 Å². The normalized spacial score (nSPS) is 10.7. The fourth-order valence-electron chi connectivity index (χ4n) is 1.64. The number of ether oxygens (including phenoxy) is 2. The van der Waals surface area contributed by atoms with Crippen LogP contribution in [0.5, 0.6) is 0 Å². The first kappa shape index (κ1) is 17.4. The first-order valence-electron chi connectivity index (χ1n) is 6.92. The minimum Gasteiger partial charge on any atom is -0.382 e. The van der Waals surface area contributed by atoms with Gasteiger partial charge in [0, 0.05) is 24.9 Å². The lowest BCUT2D eigenvalue weighted by Crippen LogP contribution is -2.28. The maximum Gasteiger partial charge on any atom is 0.251 e. The van der Waals surface area contributed by atoms with Gasteiger partial charge >= 0.3 is 0 Å². The lowest BCUT2D eigenvalue weighted by Gasteiger charge is -2.11. The predicted octanol–water partition coefficient (Wildman–Crippen LogP) is 0.883. The molecule has 4 N–H and O–H groups in total. The molecule has 7 nitrogen and oxygen atoms in total. The molecule has 0 aromatic carbocycles. The summed E-state index contributed by atoms with van der Waals surface area (Å²) in [6.45, 7) is 5.95. The zero-order valence-corrected chi connectivity index (χ0v) is 12.8. The third-order valence-electron chi connectivity index (χ3n) is 2.81. The van der Waals surface area contributed by atoms with Crippen LogP contribution in [0.1, 0.15) is 35.8 Å². The van der Waals surface area contributed by atoms with Crippen molar-refractivity contribution >= 4 is 11.7 Å². The molecule has 1 rings (SSSR count). The van der Waals surface area contributed by atoms with Gasteiger partial charge in [-0.3, -0.25) is 4.79 Å². The van der Waals surface area contributed by atoms with E-state index < -0.39 is 0 Å². The second-order valence-electron chi connectivity index (χ2n) is 4.83. The molecule has 0 atom stereocenters. The van der Waals surface area contributed by atoms with Crippen LogP contribution in [0.4, 0.5) is 5.82 Å². The number of nitrogens with one attached hydrogen (secondary N) is 2. The molecule has 0 unspecified atom stereocenters. The van der Waals surface area contributed by atoms with E-state index in [9.17, 15) is 4.79 Å². The van der Waals surface area contributed by atoms with Gasteiger partial charge in [-0.25, -0.2) is 10.8 Å². The molecule has 0 fully saturated rings. The summed E-state index contributed by atoms with van der Waals surface area (Å²) >= 11 is 0. The first-order valence-corrected chi connectivity index (χ1v) is 6.92. The van der Waals surface area contributed by atoms with Gasteiger partial charge in [-0.1, -0.05) is 13.8 Å². The molecule has 0 aliphatic rings. The van der Waals surface area contributed by atoms with Crippen molar-refractivity contribution < 1.29 is 14.3 Å². The summed E-state index contributed by atoms with van der Waals surface area (Å²) in [7, 11) is 1.62. The van der Waals surface area contributed by atoms with E-state index in [2.05, 4.69) is 15.7 Å². The Balaban J connectivity index is 2.55. The number of amides is 1. The molecule has 1 aromatic heterocycles. The van der Waals surface area contributed by atoms with Crippen LogP contribution in [0, 0.1) is 0 Å². The van der Waals surface area contributed by atoms with Gasteiger partial charge in [0.1, 0.15) is 5.82 Å². The van der Waals surface area contributed by atoms with Crippen molar-refractivity contribution in [3.8, 4) is 0 Å². The van der Waals surface area contributed by atoms with E-state index in [-0.39, 0.29) is 11.8 Å². The summed E-state index contributed by atoms with van der Waals surface area (Å²) in [5.74, 6) is 5.89. The first-order chi connectivity index (χ1) is 10.1. The Kier molecular flexibility index (Phi) is 7.66. The van der Waals surface area contributed by atoms with Gasteiger partial charge in [-0.2, -0.15) is 0 Å². The van der Waals surface area contributed by atoms with Gasteiger partial charge in [0.15, 0.2) is 0 Å². The van der Waals surface area contributed by atoms with Crippen molar-refractivity contribution in [2.24, 2.45) is 5.84 Å². The van der Waals surface area contributed by atoms with Gasteiger partial charge in [0.2, 0.25) is 0 Å². The maximum absolute atomic E-state index is 12.1. The van der Waals surface area contributed by atoms with Gasteiger partial charge in [-0.15, -0.1) is 0 Å². The summed E-state index contributed by atoms with van der Waals surface area (Å²) in [4.78, 5) is 16.4. The number of nitrogen functional groups attached to an aromatic ring is 1. The molecule has 7 heteroatoms. The molecule has 21 heavy (non-hydrogen) atoms. The van der Waals surface area contributed by atoms with E-state index in [0.717, 1.165) is 5.69 Å². The Labute approximate surface area is 125 Å². The van der Waals surface area contributed by atoms with E-state index in [1.165, 1.54) is 0 Å². The van der Waals surface area contributed by atoms with Crippen LogP contribution in [0.15, 0.2) is 12.1 Å². The topological polar surface area (TPSA) is 98.5 Å². The van der Waals surface area contributed by atoms with Gasteiger partial charge in [0.05, 0.1) is 19.8 Å². The molecular formula is C14H24N4O3. The quantitative estimate of drug-likeness (QED) is 0.355. The summed E-state index contributed by atoms with van der Waals surface area (Å²) in [6.07, 6.45) is 0. The largest absolute Gasteiger partial charge is 0.382 e. The number of anilines is 1. The minimum absolute atomic E-state index is 0.175. The highest BCUT2D eigenvalue weighted by atomic mass is 16.5. The third-order valence-corrected chi connectivity index (χ3v) is 2.81. The highest BCUT2D eigenvalue weighted by Crippen LogP contribution is 2.17. The van der Waals surface area contributed by atoms with Crippen molar-refractivity contribution in [3.05, 3.63) is 23.4 Å². The summed E-state index contributed by atoms with van der Waals surface area (Å²) in [5, 5.41) is 2.79. The fourth-order valence-corrected chi connectivity index (χ4v) is 1.64. The van der Waals surface area contributed by atoms with E-state index in [1.54, 1.807) is 19.2 Å². The number of aromatic nitrogens is 1. The Morgan fingerprint density at radius 3 is 2.71 bits per heavy atom. The molecule has 0 saturated heterocycles. The summed E-state index contributed by atoms with van der Waals surface area (Å²) in [6, 6.07) is 3.39.